The summed E-state index contributed by atoms with van der Waals surface area (Å²) in [5.74, 6) is 0.756. The molecule has 1 aliphatic rings. The van der Waals surface area contributed by atoms with Crippen molar-refractivity contribution in [1.82, 2.24) is 10.0 Å². The van der Waals surface area contributed by atoms with Crippen molar-refractivity contribution < 1.29 is 4.79 Å². The van der Waals surface area contributed by atoms with E-state index in [4.69, 9.17) is 5.73 Å². The van der Waals surface area contributed by atoms with Gasteiger partial charge in [-0.15, -0.1) is 0 Å². The van der Waals surface area contributed by atoms with E-state index in [1.165, 1.54) is 0 Å². The van der Waals surface area contributed by atoms with Crippen LogP contribution in [0.4, 0.5) is 0 Å². The van der Waals surface area contributed by atoms with E-state index in [1.807, 2.05) is 12.1 Å². The minimum Gasteiger partial charge on any atom is -0.330 e. The largest absolute Gasteiger partial charge is 0.330 e. The van der Waals surface area contributed by atoms with E-state index in [2.05, 4.69) is 18.9 Å². The summed E-state index contributed by atoms with van der Waals surface area (Å²) < 4.78 is 0. The third-order valence-corrected chi connectivity index (χ3v) is 2.88. The summed E-state index contributed by atoms with van der Waals surface area (Å²) in [6, 6.07) is 0.361. The molecule has 0 spiro atoms. The van der Waals surface area contributed by atoms with Crippen LogP contribution in [-0.4, -0.2) is 42.1 Å². The molecule has 0 aromatic heterocycles. The Labute approximate surface area is 86.0 Å². The Morgan fingerprint density at radius 3 is 2.64 bits per heavy atom. The van der Waals surface area contributed by atoms with Gasteiger partial charge in [-0.25, -0.2) is 5.01 Å². The average Bonchev–Trinajstić information content (AvgIpc) is 2.40. The number of carbonyl (C=O) groups is 1. The molecule has 1 rings (SSSR count). The van der Waals surface area contributed by atoms with E-state index < -0.39 is 0 Å². The van der Waals surface area contributed by atoms with Crippen LogP contribution in [0.15, 0.2) is 0 Å². The molecule has 1 fully saturated rings. The van der Waals surface area contributed by atoms with Crippen LogP contribution in [0.2, 0.25) is 0 Å². The second-order valence-electron chi connectivity index (χ2n) is 4.25. The molecule has 2 N–H and O–H groups in total. The van der Waals surface area contributed by atoms with Gasteiger partial charge < -0.3 is 5.73 Å². The van der Waals surface area contributed by atoms with Crippen LogP contribution < -0.4 is 5.73 Å². The first-order chi connectivity index (χ1) is 6.57. The van der Waals surface area contributed by atoms with E-state index >= 15 is 0 Å². The summed E-state index contributed by atoms with van der Waals surface area (Å²) >= 11 is 0. The first-order valence-corrected chi connectivity index (χ1v) is 5.31. The lowest BCUT2D eigenvalue weighted by molar-refractivity contribution is -0.137. The molecule has 0 aromatic rings. The van der Waals surface area contributed by atoms with Crippen LogP contribution in [0.25, 0.3) is 0 Å². The Morgan fingerprint density at radius 1 is 1.57 bits per heavy atom. The molecule has 1 unspecified atom stereocenters. The lowest BCUT2D eigenvalue weighted by Gasteiger charge is -2.29. The summed E-state index contributed by atoms with van der Waals surface area (Å²) in [5, 5.41) is 3.90. The van der Waals surface area contributed by atoms with Gasteiger partial charge in [-0.3, -0.25) is 9.80 Å². The van der Waals surface area contributed by atoms with E-state index in [9.17, 15) is 4.79 Å². The molecule has 82 valence electrons. The zero-order valence-corrected chi connectivity index (χ0v) is 9.36. The number of hydrogen-bond acceptors (Lipinski definition) is 3. The molecule has 0 aliphatic carbocycles. The molecule has 4 nitrogen and oxygen atoms in total. The fraction of sp³-hybridized carbons (Fsp3) is 0.900. The highest BCUT2D eigenvalue weighted by atomic mass is 16.2. The van der Waals surface area contributed by atoms with Crippen molar-refractivity contribution in [3.8, 4) is 0 Å². The van der Waals surface area contributed by atoms with E-state index in [0.717, 1.165) is 13.0 Å². The maximum atomic E-state index is 11.6. The Morgan fingerprint density at radius 2 is 2.21 bits per heavy atom. The van der Waals surface area contributed by atoms with Crippen LogP contribution in [0.3, 0.4) is 0 Å². The Balaban J connectivity index is 2.56. The van der Waals surface area contributed by atoms with Gasteiger partial charge >= 0.3 is 0 Å². The number of rotatable bonds is 4. The molecular formula is C10H21N3O. The molecule has 0 radical (unpaired) electrons. The van der Waals surface area contributed by atoms with Crippen LogP contribution in [-0.2, 0) is 4.79 Å². The monoisotopic (exact) mass is 199 g/mol. The van der Waals surface area contributed by atoms with Gasteiger partial charge in [0.1, 0.15) is 0 Å². The van der Waals surface area contributed by atoms with Gasteiger partial charge in [0.15, 0.2) is 0 Å². The second kappa shape index (κ2) is 4.75. The lowest BCUT2D eigenvalue weighted by Crippen LogP contribution is -2.42. The zero-order chi connectivity index (χ0) is 10.7. The fourth-order valence-electron chi connectivity index (χ4n) is 1.96. The molecule has 1 atom stereocenters. The Hall–Kier alpha value is -0.610. The highest BCUT2D eigenvalue weighted by Crippen LogP contribution is 2.23. The summed E-state index contributed by atoms with van der Waals surface area (Å²) in [5.41, 5.74) is 5.44. The second-order valence-corrected chi connectivity index (χ2v) is 4.25. The lowest BCUT2D eigenvalue weighted by atomic mass is 10.0. The minimum atomic E-state index is 0.236. The molecule has 14 heavy (non-hydrogen) atoms. The molecule has 1 saturated heterocycles. The topological polar surface area (TPSA) is 49.6 Å². The van der Waals surface area contributed by atoms with Crippen molar-refractivity contribution >= 4 is 5.91 Å². The fourth-order valence-corrected chi connectivity index (χ4v) is 1.96. The third kappa shape index (κ3) is 2.25. The summed E-state index contributed by atoms with van der Waals surface area (Å²) in [4.78, 5) is 11.6. The van der Waals surface area contributed by atoms with Gasteiger partial charge in [-0.05, 0) is 18.9 Å². The number of hydrogen-bond donors (Lipinski definition) is 1. The summed E-state index contributed by atoms with van der Waals surface area (Å²) in [6.45, 7) is 5.71. The van der Waals surface area contributed by atoms with Crippen LogP contribution in [0.1, 0.15) is 26.7 Å². The van der Waals surface area contributed by atoms with Gasteiger partial charge in [-0.1, -0.05) is 13.8 Å². The molecule has 4 heteroatoms. The summed E-state index contributed by atoms with van der Waals surface area (Å²) in [7, 11) is 1.99. The van der Waals surface area contributed by atoms with Crippen molar-refractivity contribution in [2.75, 3.05) is 20.1 Å². The van der Waals surface area contributed by atoms with Crippen LogP contribution in [0, 0.1) is 5.92 Å². The van der Waals surface area contributed by atoms with Crippen LogP contribution in [0.5, 0.6) is 0 Å². The van der Waals surface area contributed by atoms with Crippen molar-refractivity contribution in [3.63, 3.8) is 0 Å². The molecule has 1 heterocycles. The molecule has 1 aliphatic heterocycles. The highest BCUT2D eigenvalue weighted by molar-refractivity contribution is 5.78. The van der Waals surface area contributed by atoms with E-state index in [0.29, 0.717) is 24.9 Å². The van der Waals surface area contributed by atoms with Crippen molar-refractivity contribution in [2.24, 2.45) is 11.7 Å². The number of nitrogens with two attached hydrogens (primary N) is 1. The number of hydrazine groups is 1. The van der Waals surface area contributed by atoms with Gasteiger partial charge in [0.25, 0.3) is 0 Å². The van der Waals surface area contributed by atoms with Gasteiger partial charge in [0, 0.05) is 26.1 Å². The number of carbonyl (C=O) groups excluding carboxylic acids is 1. The maximum absolute atomic E-state index is 11.6. The maximum Gasteiger partial charge on any atom is 0.238 e. The molecule has 0 saturated carbocycles. The predicted octanol–water partition coefficient (Wildman–Crippen LogP) is 0.439. The van der Waals surface area contributed by atoms with E-state index in [1.54, 1.807) is 0 Å². The number of amides is 1. The molecular weight excluding hydrogens is 178 g/mol. The van der Waals surface area contributed by atoms with Crippen molar-refractivity contribution in [1.29, 1.82) is 0 Å². The van der Waals surface area contributed by atoms with Gasteiger partial charge in [0.05, 0.1) is 0 Å². The van der Waals surface area contributed by atoms with E-state index in [-0.39, 0.29) is 5.91 Å². The number of nitrogens with zero attached hydrogens (tertiary/aromatic N) is 2. The molecule has 0 bridgehead atoms. The standard InChI is InChI=1S/C10H21N3O/c1-8(2)9-7-10(14)13(12(9)3)6-4-5-11/h8-9H,4-7,11H2,1-3H3. The van der Waals surface area contributed by atoms with Gasteiger partial charge in [-0.2, -0.15) is 0 Å². The first-order valence-electron chi connectivity index (χ1n) is 5.31. The Kier molecular flexibility index (Phi) is 3.89. The first kappa shape index (κ1) is 11.5. The summed E-state index contributed by atoms with van der Waals surface area (Å²) in [6.07, 6.45) is 1.53. The van der Waals surface area contributed by atoms with Gasteiger partial charge in [0.2, 0.25) is 5.91 Å². The predicted molar refractivity (Wildman–Crippen MR) is 56.4 cm³/mol. The average molecular weight is 199 g/mol. The van der Waals surface area contributed by atoms with Crippen molar-refractivity contribution in [3.05, 3.63) is 0 Å². The van der Waals surface area contributed by atoms with Crippen molar-refractivity contribution in [2.45, 2.75) is 32.7 Å². The smallest absolute Gasteiger partial charge is 0.238 e. The minimum absolute atomic E-state index is 0.236. The third-order valence-electron chi connectivity index (χ3n) is 2.88. The molecule has 0 aromatic carbocycles. The Bertz CT molecular complexity index is 206. The quantitative estimate of drug-likeness (QED) is 0.714. The highest BCUT2D eigenvalue weighted by Gasteiger charge is 2.35. The van der Waals surface area contributed by atoms with Crippen LogP contribution >= 0.6 is 0 Å². The zero-order valence-electron chi connectivity index (χ0n) is 9.36. The molecule has 1 amide bonds. The normalized spacial score (nSPS) is 23.9. The SMILES string of the molecule is CC(C)C1CC(=O)N(CCCN)N1C.